The SMILES string of the molecule is CN(C)NS(=O)(=O)c1ccc(CCNC2CC2)cc1. The van der Waals surface area contributed by atoms with Gasteiger partial charge in [0, 0.05) is 20.1 Å². The fourth-order valence-electron chi connectivity index (χ4n) is 1.84. The first-order valence-corrected chi connectivity index (χ1v) is 7.98. The second kappa shape index (κ2) is 6.00. The van der Waals surface area contributed by atoms with Crippen molar-refractivity contribution in [3.05, 3.63) is 29.8 Å². The maximum absolute atomic E-state index is 11.9. The van der Waals surface area contributed by atoms with Crippen LogP contribution in [0.5, 0.6) is 0 Å². The van der Waals surface area contributed by atoms with E-state index in [2.05, 4.69) is 10.1 Å². The Balaban J connectivity index is 1.92. The molecule has 0 unspecified atom stereocenters. The van der Waals surface area contributed by atoms with E-state index in [0.717, 1.165) is 18.5 Å². The molecule has 0 atom stereocenters. The van der Waals surface area contributed by atoms with Gasteiger partial charge in [-0.3, -0.25) is 0 Å². The smallest absolute Gasteiger partial charge is 0.253 e. The zero-order valence-electron chi connectivity index (χ0n) is 11.4. The fraction of sp³-hybridized carbons (Fsp3) is 0.538. The molecule has 0 radical (unpaired) electrons. The second-order valence-electron chi connectivity index (χ2n) is 5.11. The molecule has 2 N–H and O–H groups in total. The molecule has 1 aromatic carbocycles. The number of rotatable bonds is 7. The van der Waals surface area contributed by atoms with Crippen molar-refractivity contribution in [2.45, 2.75) is 30.2 Å². The van der Waals surface area contributed by atoms with Gasteiger partial charge in [-0.1, -0.05) is 12.1 Å². The Hall–Kier alpha value is -0.950. The van der Waals surface area contributed by atoms with Gasteiger partial charge in [-0.05, 0) is 43.5 Å². The third-order valence-electron chi connectivity index (χ3n) is 2.96. The first-order chi connectivity index (χ1) is 8.97. The molecule has 6 heteroatoms. The van der Waals surface area contributed by atoms with E-state index in [1.165, 1.54) is 17.9 Å². The minimum atomic E-state index is -3.44. The van der Waals surface area contributed by atoms with Crippen LogP contribution >= 0.6 is 0 Å². The zero-order chi connectivity index (χ0) is 13.9. The largest absolute Gasteiger partial charge is 0.314 e. The van der Waals surface area contributed by atoms with E-state index in [1.54, 1.807) is 26.2 Å². The van der Waals surface area contributed by atoms with Gasteiger partial charge in [0.2, 0.25) is 0 Å². The van der Waals surface area contributed by atoms with Gasteiger partial charge in [-0.25, -0.2) is 13.4 Å². The number of sulfonamides is 1. The van der Waals surface area contributed by atoms with Crippen LogP contribution in [0.3, 0.4) is 0 Å². The van der Waals surface area contributed by atoms with Crippen LogP contribution in [0.4, 0.5) is 0 Å². The molecule has 0 saturated heterocycles. The van der Waals surface area contributed by atoms with Crippen LogP contribution < -0.4 is 10.1 Å². The molecule has 19 heavy (non-hydrogen) atoms. The molecule has 0 amide bonds. The number of benzene rings is 1. The van der Waals surface area contributed by atoms with E-state index in [-0.39, 0.29) is 0 Å². The summed E-state index contributed by atoms with van der Waals surface area (Å²) in [4.78, 5) is 2.71. The minimum Gasteiger partial charge on any atom is -0.314 e. The predicted octanol–water partition coefficient (Wildman–Crippen LogP) is 0.736. The lowest BCUT2D eigenvalue weighted by atomic mass is 10.1. The summed E-state index contributed by atoms with van der Waals surface area (Å²) in [6.45, 7) is 0.951. The van der Waals surface area contributed by atoms with E-state index in [4.69, 9.17) is 0 Å². The monoisotopic (exact) mass is 283 g/mol. The summed E-state index contributed by atoms with van der Waals surface area (Å²) >= 11 is 0. The fourth-order valence-corrected chi connectivity index (χ4v) is 2.92. The van der Waals surface area contributed by atoms with Crippen LogP contribution in [0.1, 0.15) is 18.4 Å². The zero-order valence-corrected chi connectivity index (χ0v) is 12.2. The number of nitrogens with zero attached hydrogens (tertiary/aromatic N) is 1. The quantitative estimate of drug-likeness (QED) is 0.725. The Bertz CT molecular complexity index is 507. The van der Waals surface area contributed by atoms with Crippen LogP contribution in [0.15, 0.2) is 29.2 Å². The highest BCUT2D eigenvalue weighted by Crippen LogP contribution is 2.18. The van der Waals surface area contributed by atoms with Gasteiger partial charge in [0.1, 0.15) is 0 Å². The predicted molar refractivity (Wildman–Crippen MR) is 75.2 cm³/mol. The van der Waals surface area contributed by atoms with Crippen LogP contribution in [0, 0.1) is 0 Å². The van der Waals surface area contributed by atoms with Crippen molar-refractivity contribution in [3.63, 3.8) is 0 Å². The van der Waals surface area contributed by atoms with Crippen LogP contribution in [0.25, 0.3) is 0 Å². The topological polar surface area (TPSA) is 61.4 Å². The maximum Gasteiger partial charge on any atom is 0.253 e. The van der Waals surface area contributed by atoms with Crippen LogP contribution in [0.2, 0.25) is 0 Å². The summed E-state index contributed by atoms with van der Waals surface area (Å²) in [6.07, 6.45) is 3.50. The standard InChI is InChI=1S/C13H21N3O2S/c1-16(2)15-19(17,18)13-7-3-11(4-8-13)9-10-14-12-5-6-12/h3-4,7-8,12,14-15H,5-6,9-10H2,1-2H3. The van der Waals surface area contributed by atoms with E-state index >= 15 is 0 Å². The van der Waals surface area contributed by atoms with Crippen molar-refractivity contribution in [2.24, 2.45) is 0 Å². The van der Waals surface area contributed by atoms with Crippen molar-refractivity contribution < 1.29 is 8.42 Å². The Morgan fingerprint density at radius 1 is 1.21 bits per heavy atom. The summed E-state index contributed by atoms with van der Waals surface area (Å²) in [5, 5.41) is 4.86. The van der Waals surface area contributed by atoms with E-state index < -0.39 is 10.0 Å². The lowest BCUT2D eigenvalue weighted by molar-refractivity contribution is 0.364. The lowest BCUT2D eigenvalue weighted by Gasteiger charge is -2.12. The summed E-state index contributed by atoms with van der Waals surface area (Å²) in [5.74, 6) is 0. The lowest BCUT2D eigenvalue weighted by Crippen LogP contribution is -2.36. The molecule has 0 aromatic heterocycles. The Morgan fingerprint density at radius 3 is 2.37 bits per heavy atom. The average molecular weight is 283 g/mol. The third kappa shape index (κ3) is 4.58. The van der Waals surface area contributed by atoms with Gasteiger partial charge in [-0.2, -0.15) is 0 Å². The van der Waals surface area contributed by atoms with Crippen molar-refractivity contribution in [1.29, 1.82) is 0 Å². The molecular weight excluding hydrogens is 262 g/mol. The molecule has 2 rings (SSSR count). The van der Waals surface area contributed by atoms with E-state index in [9.17, 15) is 8.42 Å². The summed E-state index contributed by atoms with van der Waals surface area (Å²) in [6, 6.07) is 7.76. The van der Waals surface area contributed by atoms with Crippen molar-refractivity contribution in [3.8, 4) is 0 Å². The molecule has 0 aliphatic heterocycles. The number of hydrogen-bond donors (Lipinski definition) is 2. The van der Waals surface area contributed by atoms with Crippen molar-refractivity contribution >= 4 is 10.0 Å². The van der Waals surface area contributed by atoms with Gasteiger partial charge in [-0.15, -0.1) is 4.83 Å². The Labute approximate surface area is 115 Å². The van der Waals surface area contributed by atoms with E-state index in [0.29, 0.717) is 10.9 Å². The average Bonchev–Trinajstić information content (AvgIpc) is 3.12. The van der Waals surface area contributed by atoms with Gasteiger partial charge in [0.15, 0.2) is 0 Å². The summed E-state index contributed by atoms with van der Waals surface area (Å²) < 4.78 is 23.8. The molecule has 1 aliphatic rings. The highest BCUT2D eigenvalue weighted by atomic mass is 32.2. The van der Waals surface area contributed by atoms with Crippen molar-refractivity contribution in [1.82, 2.24) is 15.2 Å². The second-order valence-corrected chi connectivity index (χ2v) is 6.77. The highest BCUT2D eigenvalue weighted by molar-refractivity contribution is 7.89. The van der Waals surface area contributed by atoms with Crippen LogP contribution in [-0.4, -0.2) is 40.1 Å². The molecule has 1 saturated carbocycles. The number of hydrogen-bond acceptors (Lipinski definition) is 4. The first kappa shape index (κ1) is 14.5. The van der Waals surface area contributed by atoms with Gasteiger partial charge in [0.25, 0.3) is 10.0 Å². The van der Waals surface area contributed by atoms with Gasteiger partial charge in [0.05, 0.1) is 4.90 Å². The molecule has 1 aromatic rings. The molecule has 1 fully saturated rings. The van der Waals surface area contributed by atoms with E-state index in [1.807, 2.05) is 12.1 Å². The molecule has 0 heterocycles. The molecule has 0 spiro atoms. The third-order valence-corrected chi connectivity index (χ3v) is 4.46. The summed E-state index contributed by atoms with van der Waals surface area (Å²) in [5.41, 5.74) is 1.15. The Kier molecular flexibility index (Phi) is 4.57. The number of nitrogens with one attached hydrogen (secondary N) is 2. The van der Waals surface area contributed by atoms with Crippen LogP contribution in [-0.2, 0) is 16.4 Å². The van der Waals surface area contributed by atoms with Gasteiger partial charge < -0.3 is 5.32 Å². The Morgan fingerprint density at radius 2 is 1.84 bits per heavy atom. The number of hydrazine groups is 1. The molecule has 1 aliphatic carbocycles. The van der Waals surface area contributed by atoms with Gasteiger partial charge >= 0.3 is 0 Å². The molecule has 0 bridgehead atoms. The first-order valence-electron chi connectivity index (χ1n) is 6.49. The maximum atomic E-state index is 11.9. The summed E-state index contributed by atoms with van der Waals surface area (Å²) in [7, 11) is -0.143. The highest BCUT2D eigenvalue weighted by Gasteiger charge is 2.19. The minimum absolute atomic E-state index is 0.292. The normalized spacial score (nSPS) is 15.9. The molecule has 5 nitrogen and oxygen atoms in total. The van der Waals surface area contributed by atoms with Crippen molar-refractivity contribution in [2.75, 3.05) is 20.6 Å². The molecule has 106 valence electrons. The molecular formula is C13H21N3O2S.